The molecule has 0 aromatic carbocycles. The molecule has 0 bridgehead atoms. The maximum atomic E-state index is 11.3. The van der Waals surface area contributed by atoms with Gasteiger partial charge in [0.2, 0.25) is 5.78 Å². The van der Waals surface area contributed by atoms with Crippen LogP contribution >= 0.6 is 0 Å². The van der Waals surface area contributed by atoms with E-state index in [1.54, 1.807) is 0 Å². The first-order chi connectivity index (χ1) is 5.38. The molecule has 0 fully saturated rings. The average molecular weight is 166 g/mol. The van der Waals surface area contributed by atoms with E-state index >= 15 is 0 Å². The van der Waals surface area contributed by atoms with Crippen LogP contribution in [0.4, 0.5) is 0 Å². The van der Waals surface area contributed by atoms with E-state index in [1.165, 1.54) is 0 Å². The number of hydrogen-bond donors (Lipinski definition) is 0. The first-order valence-electron chi connectivity index (χ1n) is 4.44. The molecule has 0 spiro atoms. The minimum atomic E-state index is -0.319. The molecule has 0 unspecified atom stereocenters. The molecule has 0 rings (SSSR count). The van der Waals surface area contributed by atoms with Crippen molar-refractivity contribution in [2.75, 3.05) is 0 Å². The predicted molar refractivity (Wildman–Crippen MR) is 51.7 cm³/mol. The van der Waals surface area contributed by atoms with Gasteiger partial charge in [-0.05, 0) is 12.3 Å². The Morgan fingerprint density at radius 3 is 2.25 bits per heavy atom. The largest absolute Gasteiger partial charge is 0.284 e. The fourth-order valence-electron chi connectivity index (χ4n) is 0.478. The summed E-state index contributed by atoms with van der Waals surface area (Å²) in [5.41, 5.74) is -0.319. The molecule has 0 saturated carbocycles. The monoisotopic (exact) mass is 166 g/mol. The van der Waals surface area contributed by atoms with Crippen molar-refractivity contribution in [3.63, 3.8) is 0 Å². The van der Waals surface area contributed by atoms with Crippen LogP contribution in [0, 0.1) is 23.2 Å². The highest BCUT2D eigenvalue weighted by Crippen LogP contribution is 2.13. The summed E-state index contributed by atoms with van der Waals surface area (Å²) in [5, 5.41) is 0. The topological polar surface area (TPSA) is 17.1 Å². The number of carbonyl (C=O) groups is 1. The van der Waals surface area contributed by atoms with Gasteiger partial charge in [0.15, 0.2) is 0 Å². The van der Waals surface area contributed by atoms with Crippen molar-refractivity contribution < 1.29 is 4.79 Å². The van der Waals surface area contributed by atoms with E-state index in [-0.39, 0.29) is 11.2 Å². The molecular weight excluding hydrogens is 148 g/mol. The summed E-state index contributed by atoms with van der Waals surface area (Å²) in [6.07, 6.45) is 1.00. The smallest absolute Gasteiger partial charge is 0.210 e. The standard InChI is InChI=1S/C11H18O/c1-6-9(2)7-8-10(12)11(3,4)5/h9H,6H2,1-5H3/t9-/m0/s1. The lowest BCUT2D eigenvalue weighted by molar-refractivity contribution is -0.120. The van der Waals surface area contributed by atoms with Crippen molar-refractivity contribution >= 4 is 5.78 Å². The summed E-state index contributed by atoms with van der Waals surface area (Å²) in [6, 6.07) is 0. The minimum absolute atomic E-state index is 0.0304. The van der Waals surface area contributed by atoms with Crippen molar-refractivity contribution in [3.05, 3.63) is 0 Å². The Balaban J connectivity index is 4.24. The number of carbonyl (C=O) groups excluding carboxylic acids is 1. The van der Waals surface area contributed by atoms with E-state index in [4.69, 9.17) is 0 Å². The molecule has 0 aliphatic heterocycles. The lowest BCUT2D eigenvalue weighted by Gasteiger charge is -2.11. The third-order valence-electron chi connectivity index (χ3n) is 1.73. The molecule has 0 aromatic rings. The van der Waals surface area contributed by atoms with Crippen molar-refractivity contribution in [3.8, 4) is 11.8 Å². The zero-order valence-electron chi connectivity index (χ0n) is 8.69. The number of ketones is 1. The first kappa shape index (κ1) is 11.2. The molecule has 0 aromatic heterocycles. The fraction of sp³-hybridized carbons (Fsp3) is 0.727. The second-order valence-corrected chi connectivity index (χ2v) is 4.16. The Morgan fingerprint density at radius 2 is 1.92 bits per heavy atom. The van der Waals surface area contributed by atoms with Crippen LogP contribution < -0.4 is 0 Å². The predicted octanol–water partition coefficient (Wildman–Crippen LogP) is 2.65. The molecule has 0 saturated heterocycles. The van der Waals surface area contributed by atoms with Crippen LogP contribution in [0.15, 0.2) is 0 Å². The van der Waals surface area contributed by atoms with Crippen LogP contribution in [0.5, 0.6) is 0 Å². The molecule has 1 nitrogen and oxygen atoms in total. The van der Waals surface area contributed by atoms with Crippen LogP contribution in [0.25, 0.3) is 0 Å². The van der Waals surface area contributed by atoms with Crippen molar-refractivity contribution in [1.29, 1.82) is 0 Å². The van der Waals surface area contributed by atoms with E-state index in [0.717, 1.165) is 6.42 Å². The second kappa shape index (κ2) is 4.30. The van der Waals surface area contributed by atoms with Gasteiger partial charge in [-0.25, -0.2) is 0 Å². The lowest BCUT2D eigenvalue weighted by atomic mass is 9.91. The Bertz CT molecular complexity index is 209. The minimum Gasteiger partial charge on any atom is -0.284 e. The van der Waals surface area contributed by atoms with Gasteiger partial charge < -0.3 is 0 Å². The summed E-state index contributed by atoms with van der Waals surface area (Å²) >= 11 is 0. The number of rotatable bonds is 1. The summed E-state index contributed by atoms with van der Waals surface area (Å²) in [6.45, 7) is 9.77. The molecule has 1 heteroatoms. The van der Waals surface area contributed by atoms with E-state index in [9.17, 15) is 4.79 Å². The Hall–Kier alpha value is -0.770. The zero-order chi connectivity index (χ0) is 9.78. The maximum Gasteiger partial charge on any atom is 0.210 e. The van der Waals surface area contributed by atoms with E-state index < -0.39 is 0 Å². The molecule has 0 heterocycles. The summed E-state index contributed by atoms with van der Waals surface area (Å²) in [5.74, 6) is 5.98. The van der Waals surface area contributed by atoms with Crippen LogP contribution in [0.2, 0.25) is 0 Å². The summed E-state index contributed by atoms with van der Waals surface area (Å²) in [4.78, 5) is 11.3. The maximum absolute atomic E-state index is 11.3. The van der Waals surface area contributed by atoms with Crippen molar-refractivity contribution in [2.24, 2.45) is 11.3 Å². The molecule has 0 aliphatic rings. The van der Waals surface area contributed by atoms with E-state index in [2.05, 4.69) is 18.8 Å². The quantitative estimate of drug-likeness (QED) is 0.432. The van der Waals surface area contributed by atoms with Crippen LogP contribution in [0.1, 0.15) is 41.0 Å². The van der Waals surface area contributed by atoms with Crippen LogP contribution in [-0.4, -0.2) is 5.78 Å². The Morgan fingerprint density at radius 1 is 1.42 bits per heavy atom. The zero-order valence-corrected chi connectivity index (χ0v) is 8.69. The molecule has 0 amide bonds. The van der Waals surface area contributed by atoms with Crippen molar-refractivity contribution in [2.45, 2.75) is 41.0 Å². The Labute approximate surface area is 75.5 Å². The van der Waals surface area contributed by atoms with Gasteiger partial charge >= 0.3 is 0 Å². The highest BCUT2D eigenvalue weighted by Gasteiger charge is 2.18. The molecule has 0 radical (unpaired) electrons. The van der Waals surface area contributed by atoms with Gasteiger partial charge in [-0.1, -0.05) is 40.5 Å². The molecular formula is C11H18O. The molecule has 68 valence electrons. The highest BCUT2D eigenvalue weighted by molar-refractivity contribution is 5.99. The summed E-state index contributed by atoms with van der Waals surface area (Å²) < 4.78 is 0. The number of hydrogen-bond acceptors (Lipinski definition) is 1. The normalized spacial score (nSPS) is 13.1. The molecule has 1 atom stereocenters. The first-order valence-corrected chi connectivity index (χ1v) is 4.44. The van der Waals surface area contributed by atoms with Gasteiger partial charge in [0.1, 0.15) is 0 Å². The van der Waals surface area contributed by atoms with Crippen LogP contribution in [-0.2, 0) is 4.79 Å². The molecule has 0 aliphatic carbocycles. The molecule has 12 heavy (non-hydrogen) atoms. The van der Waals surface area contributed by atoms with Gasteiger partial charge in [-0.15, -0.1) is 0 Å². The SMILES string of the molecule is CC[C@H](C)C#CC(=O)C(C)(C)C. The van der Waals surface area contributed by atoms with E-state index in [0.29, 0.717) is 5.92 Å². The van der Waals surface area contributed by atoms with Gasteiger partial charge in [-0.3, -0.25) is 4.79 Å². The third-order valence-corrected chi connectivity index (χ3v) is 1.73. The summed E-state index contributed by atoms with van der Waals surface area (Å²) in [7, 11) is 0. The molecule has 0 N–H and O–H groups in total. The Kier molecular flexibility index (Phi) is 4.03. The number of Topliss-reactive ketones (excluding diaryl/α,β-unsaturated/α-hetero) is 1. The lowest BCUT2D eigenvalue weighted by Crippen LogP contribution is -2.17. The highest BCUT2D eigenvalue weighted by atomic mass is 16.1. The second-order valence-electron chi connectivity index (χ2n) is 4.16. The van der Waals surface area contributed by atoms with E-state index in [1.807, 2.05) is 27.7 Å². The third kappa shape index (κ3) is 4.18. The van der Waals surface area contributed by atoms with Gasteiger partial charge in [0, 0.05) is 11.3 Å². The van der Waals surface area contributed by atoms with Gasteiger partial charge in [0.25, 0.3) is 0 Å². The van der Waals surface area contributed by atoms with Crippen LogP contribution in [0.3, 0.4) is 0 Å². The average Bonchev–Trinajstić information content (AvgIpc) is 1.97. The van der Waals surface area contributed by atoms with Gasteiger partial charge in [-0.2, -0.15) is 0 Å². The van der Waals surface area contributed by atoms with Gasteiger partial charge in [0.05, 0.1) is 0 Å². The van der Waals surface area contributed by atoms with Crippen molar-refractivity contribution in [1.82, 2.24) is 0 Å². The fourth-order valence-corrected chi connectivity index (χ4v) is 0.478.